The van der Waals surface area contributed by atoms with Gasteiger partial charge in [-0.05, 0) is 50.4 Å². The highest BCUT2D eigenvalue weighted by molar-refractivity contribution is 7.86. The molecule has 13 heteroatoms. The van der Waals surface area contributed by atoms with Gasteiger partial charge in [-0.15, -0.1) is 0 Å². The molecule has 3 atom stereocenters. The molecule has 10 nitrogen and oxygen atoms in total. The van der Waals surface area contributed by atoms with Gasteiger partial charge >= 0.3 is 27.3 Å². The molecular weight excluding hydrogens is 422 g/mol. The van der Waals surface area contributed by atoms with Gasteiger partial charge in [0.2, 0.25) is 0 Å². The van der Waals surface area contributed by atoms with E-state index in [1.54, 1.807) is 0 Å². The Kier molecular flexibility index (Phi) is 5.51. The molecule has 0 radical (unpaired) electrons. The molecule has 4 saturated carbocycles. The quantitative estimate of drug-likeness (QED) is 0.183. The summed E-state index contributed by atoms with van der Waals surface area (Å²) >= 11 is 0. The molecule has 4 aliphatic rings. The van der Waals surface area contributed by atoms with Crippen LogP contribution in [0.2, 0.25) is 0 Å². The molecule has 0 aromatic rings. The van der Waals surface area contributed by atoms with Gasteiger partial charge in [-0.3, -0.25) is 9.35 Å². The van der Waals surface area contributed by atoms with Crippen molar-refractivity contribution in [1.82, 2.24) is 0 Å². The summed E-state index contributed by atoms with van der Waals surface area (Å²) < 4.78 is 65.5. The zero-order valence-corrected chi connectivity index (χ0v) is 16.1. The van der Waals surface area contributed by atoms with Crippen LogP contribution in [0.4, 0.5) is 8.78 Å². The summed E-state index contributed by atoms with van der Waals surface area (Å²) in [6, 6.07) is 0. The summed E-state index contributed by atoms with van der Waals surface area (Å²) in [4.78, 5) is 12.6. The summed E-state index contributed by atoms with van der Waals surface area (Å²) in [7, 11) is -6.02. The van der Waals surface area contributed by atoms with E-state index >= 15 is 0 Å². The van der Waals surface area contributed by atoms with Crippen LogP contribution in [0.15, 0.2) is 0 Å². The number of aliphatic hydroxyl groups is 4. The fourth-order valence-corrected chi connectivity index (χ4v) is 5.63. The first kappa shape index (κ1) is 22.7. The van der Waals surface area contributed by atoms with Crippen LogP contribution in [-0.4, -0.2) is 75.5 Å². The molecule has 0 spiro atoms. The molecule has 0 amide bonds. The topological polar surface area (TPSA) is 171 Å². The smallest absolute Gasteiger partial charge is 0.428 e. The predicted molar refractivity (Wildman–Crippen MR) is 88.6 cm³/mol. The SMILES string of the molecule is O=C(OCC(O)COC(F)(F)C(O)(O)S(=O)(=O)O)C12CC3CC(CC(O)(C3)C1)C2. The second kappa shape index (κ2) is 7.04. The monoisotopic (exact) mass is 446 g/mol. The Morgan fingerprint density at radius 1 is 1.14 bits per heavy atom. The van der Waals surface area contributed by atoms with Crippen molar-refractivity contribution in [3.8, 4) is 0 Å². The number of rotatable bonds is 8. The molecule has 0 saturated heterocycles. The van der Waals surface area contributed by atoms with Gasteiger partial charge in [0.1, 0.15) is 12.7 Å². The highest BCUT2D eigenvalue weighted by Crippen LogP contribution is 2.61. The first-order valence-electron chi connectivity index (χ1n) is 9.10. The van der Waals surface area contributed by atoms with E-state index in [1.807, 2.05) is 0 Å². The summed E-state index contributed by atoms with van der Waals surface area (Å²) in [5, 5.41) is 33.2. The highest BCUT2D eigenvalue weighted by atomic mass is 32.2. The van der Waals surface area contributed by atoms with E-state index in [-0.39, 0.29) is 18.3 Å². The number of aliphatic hydroxyl groups excluding tert-OH is 1. The average Bonchev–Trinajstić information content (AvgIpc) is 2.54. The Morgan fingerprint density at radius 3 is 2.17 bits per heavy atom. The fourth-order valence-electron chi connectivity index (χ4n) is 5.27. The van der Waals surface area contributed by atoms with E-state index in [1.165, 1.54) is 0 Å². The molecule has 0 heterocycles. The maximum Gasteiger partial charge on any atom is 0.428 e. The standard InChI is InChI=1S/C16H24F2O10S/c17-15(18,16(22,23)29(24,25)26)28-7-11(19)6-27-12(20)13-2-9-1-10(3-13)5-14(21,4-9)8-13/h9-11,19,21-23H,1-8H2,(H,24,25,26). The first-order valence-corrected chi connectivity index (χ1v) is 10.5. The van der Waals surface area contributed by atoms with Crippen molar-refractivity contribution in [2.75, 3.05) is 13.2 Å². The zero-order chi connectivity index (χ0) is 21.9. The molecule has 4 fully saturated rings. The second-order valence-corrected chi connectivity index (χ2v) is 10.1. The van der Waals surface area contributed by atoms with Crippen LogP contribution in [-0.2, 0) is 24.4 Å². The molecule has 4 rings (SSSR count). The van der Waals surface area contributed by atoms with E-state index in [2.05, 4.69) is 4.74 Å². The number of alkyl halides is 2. The van der Waals surface area contributed by atoms with Crippen molar-refractivity contribution in [2.24, 2.45) is 17.3 Å². The summed E-state index contributed by atoms with van der Waals surface area (Å²) in [5.74, 6) is -0.265. The molecule has 168 valence electrons. The van der Waals surface area contributed by atoms with Crippen LogP contribution in [0.25, 0.3) is 0 Å². The van der Waals surface area contributed by atoms with Crippen LogP contribution in [0, 0.1) is 17.3 Å². The van der Waals surface area contributed by atoms with E-state index in [9.17, 15) is 32.2 Å². The van der Waals surface area contributed by atoms with Gasteiger partial charge in [0.15, 0.2) is 0 Å². The Hall–Kier alpha value is -0.960. The summed E-state index contributed by atoms with van der Waals surface area (Å²) in [5.41, 5.74) is -1.81. The largest absolute Gasteiger partial charge is 0.462 e. The van der Waals surface area contributed by atoms with Crippen molar-refractivity contribution >= 4 is 16.1 Å². The number of hydrogen-bond donors (Lipinski definition) is 5. The molecule has 0 aromatic carbocycles. The van der Waals surface area contributed by atoms with E-state index in [4.69, 9.17) is 19.5 Å². The Labute approximate surface area is 165 Å². The minimum atomic E-state index is -6.02. The van der Waals surface area contributed by atoms with Crippen LogP contribution in [0.1, 0.15) is 38.5 Å². The lowest BCUT2D eigenvalue weighted by Crippen LogP contribution is -2.58. The van der Waals surface area contributed by atoms with Crippen LogP contribution in [0.3, 0.4) is 0 Å². The van der Waals surface area contributed by atoms with Crippen molar-refractivity contribution in [3.05, 3.63) is 0 Å². The maximum atomic E-state index is 13.5. The van der Waals surface area contributed by atoms with E-state index < -0.39 is 57.6 Å². The minimum Gasteiger partial charge on any atom is -0.462 e. The third-order valence-electron chi connectivity index (χ3n) is 6.07. The van der Waals surface area contributed by atoms with Crippen LogP contribution in [0.5, 0.6) is 0 Å². The number of carbonyl (C=O) groups excluding carboxylic acids is 1. The van der Waals surface area contributed by atoms with Crippen molar-refractivity contribution in [1.29, 1.82) is 0 Å². The Morgan fingerprint density at radius 2 is 1.69 bits per heavy atom. The minimum absolute atomic E-state index is 0.198. The second-order valence-electron chi connectivity index (χ2n) is 8.63. The molecule has 5 N–H and O–H groups in total. The molecule has 4 bridgehead atoms. The van der Waals surface area contributed by atoms with Gasteiger partial charge in [0.25, 0.3) is 0 Å². The molecule has 29 heavy (non-hydrogen) atoms. The number of ether oxygens (including phenoxy) is 2. The molecule has 3 unspecified atom stereocenters. The fraction of sp³-hybridized carbons (Fsp3) is 0.938. The highest BCUT2D eigenvalue weighted by Gasteiger charge is 2.64. The number of hydrogen-bond acceptors (Lipinski definition) is 9. The van der Waals surface area contributed by atoms with E-state index in [0.717, 1.165) is 6.42 Å². The molecule has 4 aliphatic carbocycles. The van der Waals surface area contributed by atoms with Gasteiger partial charge in [0.05, 0.1) is 17.6 Å². The Bertz CT molecular complexity index is 754. The first-order chi connectivity index (χ1) is 13.1. The van der Waals surface area contributed by atoms with Crippen molar-refractivity contribution < 1.29 is 56.4 Å². The van der Waals surface area contributed by atoms with Crippen LogP contribution >= 0.6 is 0 Å². The summed E-state index contributed by atoms with van der Waals surface area (Å²) in [6.07, 6.45) is -3.50. The third-order valence-corrected chi connectivity index (χ3v) is 7.02. The van der Waals surface area contributed by atoms with Crippen molar-refractivity contribution in [3.63, 3.8) is 0 Å². The molecule has 0 aliphatic heterocycles. The Balaban J connectivity index is 1.54. The summed E-state index contributed by atoms with van der Waals surface area (Å²) in [6.45, 7) is -2.08. The lowest BCUT2D eigenvalue weighted by Gasteiger charge is -2.58. The third kappa shape index (κ3) is 4.13. The average molecular weight is 446 g/mol. The maximum absolute atomic E-state index is 13.5. The number of esters is 1. The van der Waals surface area contributed by atoms with Crippen molar-refractivity contribution in [2.45, 2.75) is 61.5 Å². The molecule has 0 aromatic heterocycles. The van der Waals surface area contributed by atoms with Gasteiger partial charge < -0.3 is 29.9 Å². The van der Waals surface area contributed by atoms with Gasteiger partial charge in [-0.1, -0.05) is 0 Å². The lowest BCUT2D eigenvalue weighted by molar-refractivity contribution is -0.365. The van der Waals surface area contributed by atoms with Crippen LogP contribution < -0.4 is 0 Å². The van der Waals surface area contributed by atoms with Gasteiger partial charge in [-0.25, -0.2) is 0 Å². The predicted octanol–water partition coefficient (Wildman–Crippen LogP) is -0.643. The lowest BCUT2D eigenvalue weighted by atomic mass is 9.48. The normalized spacial score (nSPS) is 35.6. The van der Waals surface area contributed by atoms with Gasteiger partial charge in [-0.2, -0.15) is 17.2 Å². The van der Waals surface area contributed by atoms with Gasteiger partial charge in [0, 0.05) is 0 Å². The van der Waals surface area contributed by atoms with E-state index in [0.29, 0.717) is 25.7 Å². The zero-order valence-electron chi connectivity index (χ0n) is 15.3. The number of carbonyl (C=O) groups is 1. The molecular formula is C16H24F2O10S. The number of halogens is 2.